The summed E-state index contributed by atoms with van der Waals surface area (Å²) >= 11 is 1.97. The highest BCUT2D eigenvalue weighted by Gasteiger charge is 2.41. The average molecular weight is 683 g/mol. The third kappa shape index (κ3) is 7.45. The molecule has 2 aliphatic heterocycles. The van der Waals surface area contributed by atoms with Crippen molar-refractivity contribution in [2.45, 2.75) is 23.8 Å². The number of thioether (sulfide) groups is 2. The number of nitrogens with zero attached hydrogens (tertiary/aromatic N) is 6. The molecule has 14 nitrogen and oxygen atoms in total. The zero-order valence-corrected chi connectivity index (χ0v) is 26.5. The van der Waals surface area contributed by atoms with Gasteiger partial charge in [0.15, 0.2) is 11.7 Å². The first-order valence-corrected chi connectivity index (χ1v) is 16.2. The van der Waals surface area contributed by atoms with Crippen molar-refractivity contribution in [3.05, 3.63) is 141 Å². The van der Waals surface area contributed by atoms with Crippen LogP contribution in [0.1, 0.15) is 11.1 Å². The predicted octanol–water partition coefficient (Wildman–Crippen LogP) is 7.13. The maximum atomic E-state index is 13.4. The van der Waals surface area contributed by atoms with Crippen LogP contribution in [0.2, 0.25) is 0 Å². The lowest BCUT2D eigenvalue weighted by atomic mass is 10.2. The van der Waals surface area contributed by atoms with Crippen molar-refractivity contribution in [1.29, 1.82) is 0 Å². The van der Waals surface area contributed by atoms with Gasteiger partial charge in [-0.05, 0) is 58.9 Å². The smallest absolute Gasteiger partial charge is 0.289 e. The number of nitrogens with one attached hydrogen (secondary N) is 2. The van der Waals surface area contributed by atoms with E-state index in [0.29, 0.717) is 11.4 Å². The van der Waals surface area contributed by atoms with Crippen LogP contribution in [0, 0.1) is 20.2 Å². The quantitative estimate of drug-likeness (QED) is 0.122. The van der Waals surface area contributed by atoms with Gasteiger partial charge in [-0.1, -0.05) is 60.7 Å². The third-order valence-electron chi connectivity index (χ3n) is 7.27. The summed E-state index contributed by atoms with van der Waals surface area (Å²) in [6.07, 6.45) is 0. The Kier molecular flexibility index (Phi) is 9.63. The molecule has 2 aliphatic rings. The van der Waals surface area contributed by atoms with Crippen molar-refractivity contribution >= 4 is 68.4 Å². The topological polar surface area (TPSA) is 176 Å². The van der Waals surface area contributed by atoms with E-state index in [9.17, 15) is 29.8 Å². The number of hydrogen-bond donors (Lipinski definition) is 2. The number of hydrogen-bond acceptors (Lipinski definition) is 12. The molecule has 4 aromatic carbocycles. The molecule has 2 atom stereocenters. The summed E-state index contributed by atoms with van der Waals surface area (Å²) in [6.45, 7) is 0.418. The number of rotatable bonds is 11. The first-order chi connectivity index (χ1) is 23.2. The van der Waals surface area contributed by atoms with Gasteiger partial charge in [0.1, 0.15) is 10.7 Å². The summed E-state index contributed by atoms with van der Waals surface area (Å²) < 4.78 is 0. The number of anilines is 2. The number of carbonyl (C=O) groups excluding carboxylic acids is 2. The minimum atomic E-state index is -0.708. The molecule has 0 radical (unpaired) electrons. The van der Waals surface area contributed by atoms with E-state index in [0.717, 1.165) is 34.7 Å². The predicted molar refractivity (Wildman–Crippen MR) is 186 cm³/mol. The molecule has 4 aromatic rings. The second-order valence-corrected chi connectivity index (χ2v) is 12.6. The maximum Gasteiger partial charge on any atom is 0.289 e. The molecule has 0 bridgehead atoms. The number of amidine groups is 2. The summed E-state index contributed by atoms with van der Waals surface area (Å²) in [5.74, 6) is 0.551. The van der Waals surface area contributed by atoms with Gasteiger partial charge in [0.05, 0.1) is 22.9 Å². The molecule has 2 fully saturated rings. The van der Waals surface area contributed by atoms with E-state index in [1.807, 2.05) is 60.7 Å². The molecule has 0 saturated carbocycles. The third-order valence-corrected chi connectivity index (χ3v) is 9.25. The average Bonchev–Trinajstić information content (AvgIpc) is 3.54. The van der Waals surface area contributed by atoms with E-state index in [2.05, 4.69) is 20.8 Å². The Morgan fingerprint density at radius 3 is 1.27 bits per heavy atom. The summed E-state index contributed by atoms with van der Waals surface area (Å²) in [5, 5.41) is 36.0. The molecule has 6 rings (SSSR count). The van der Waals surface area contributed by atoms with Crippen molar-refractivity contribution in [3.8, 4) is 0 Å². The van der Waals surface area contributed by atoms with Gasteiger partial charge >= 0.3 is 0 Å². The standard InChI is InChI=1S/C32H26N8O6S2/c41-31-37(19-21-7-3-1-4-8-21)27(29(47-31)33-23-11-15-25(16-12-23)39(43)44)35-36-28-30(34-24-13-17-26(18-14-24)40(45)46)48-32(42)38(28)20-22-9-5-2-6-10-22/h1-18,29-30,33-34H,19-20H2/b35-27+,36-28+. The van der Waals surface area contributed by atoms with Crippen LogP contribution in [0.3, 0.4) is 0 Å². The summed E-state index contributed by atoms with van der Waals surface area (Å²) in [4.78, 5) is 51.1. The molecule has 0 aliphatic carbocycles. The van der Waals surface area contributed by atoms with Crippen molar-refractivity contribution in [3.63, 3.8) is 0 Å². The summed E-state index contributed by atoms with van der Waals surface area (Å²) in [6, 6.07) is 30.4. The second-order valence-electron chi connectivity index (χ2n) is 10.5. The van der Waals surface area contributed by atoms with Crippen molar-refractivity contribution in [2.24, 2.45) is 10.2 Å². The number of benzene rings is 4. The molecule has 2 saturated heterocycles. The van der Waals surface area contributed by atoms with Gasteiger partial charge in [0.2, 0.25) is 0 Å². The Labute approximate surface area is 282 Å². The Hall–Kier alpha value is -5.74. The number of non-ortho nitro benzene ring substituents is 2. The van der Waals surface area contributed by atoms with E-state index >= 15 is 0 Å². The van der Waals surface area contributed by atoms with Crippen molar-refractivity contribution in [2.75, 3.05) is 10.6 Å². The zero-order valence-electron chi connectivity index (χ0n) is 24.9. The molecule has 2 unspecified atom stereocenters. The zero-order chi connectivity index (χ0) is 33.6. The van der Waals surface area contributed by atoms with Gasteiger partial charge in [0.25, 0.3) is 21.9 Å². The lowest BCUT2D eigenvalue weighted by molar-refractivity contribution is -0.385. The minimum Gasteiger partial charge on any atom is -0.367 e. The number of carbonyl (C=O) groups is 2. The summed E-state index contributed by atoms with van der Waals surface area (Å²) in [5.41, 5.74) is 2.63. The van der Waals surface area contributed by atoms with Crippen LogP contribution in [-0.2, 0) is 13.1 Å². The fourth-order valence-electron chi connectivity index (χ4n) is 4.89. The fourth-order valence-corrected chi connectivity index (χ4v) is 6.82. The molecule has 2 heterocycles. The molecule has 242 valence electrons. The Balaban J connectivity index is 1.37. The van der Waals surface area contributed by atoms with E-state index < -0.39 is 20.6 Å². The van der Waals surface area contributed by atoms with Crippen LogP contribution >= 0.6 is 23.5 Å². The van der Waals surface area contributed by atoms with Crippen molar-refractivity contribution in [1.82, 2.24) is 9.80 Å². The van der Waals surface area contributed by atoms with E-state index in [-0.39, 0.29) is 46.6 Å². The normalized spacial score (nSPS) is 19.2. The van der Waals surface area contributed by atoms with E-state index in [1.165, 1.54) is 34.1 Å². The van der Waals surface area contributed by atoms with Crippen LogP contribution in [0.15, 0.2) is 119 Å². The second kappa shape index (κ2) is 14.4. The highest BCUT2D eigenvalue weighted by molar-refractivity contribution is 8.15. The molecule has 2 amide bonds. The van der Waals surface area contributed by atoms with Gasteiger partial charge < -0.3 is 10.6 Å². The van der Waals surface area contributed by atoms with Crippen LogP contribution in [-0.4, -0.2) is 52.5 Å². The Morgan fingerprint density at radius 2 is 0.938 bits per heavy atom. The highest BCUT2D eigenvalue weighted by Crippen LogP contribution is 2.34. The minimum absolute atomic E-state index is 0.0739. The van der Waals surface area contributed by atoms with Crippen LogP contribution < -0.4 is 10.6 Å². The first-order valence-electron chi connectivity index (χ1n) is 14.5. The number of nitro groups is 2. The van der Waals surface area contributed by atoms with Gasteiger partial charge in [-0.3, -0.25) is 39.6 Å². The first kappa shape index (κ1) is 32.2. The van der Waals surface area contributed by atoms with Crippen LogP contribution in [0.5, 0.6) is 0 Å². The molecular formula is C32H26N8O6S2. The Morgan fingerprint density at radius 1 is 0.583 bits per heavy atom. The number of nitro benzene ring substituents is 2. The maximum absolute atomic E-state index is 13.4. The SMILES string of the molecule is O=C1SC(Nc2ccc([N+](=O)[O-])cc2)/C(=N\N=C2/C(Nc3ccc([N+](=O)[O-])cc3)SC(=O)N2Cc2ccccc2)N1Cc1ccccc1. The van der Waals surface area contributed by atoms with Gasteiger partial charge in [-0.2, -0.15) is 0 Å². The molecule has 16 heteroatoms. The highest BCUT2D eigenvalue weighted by atomic mass is 32.2. The van der Waals surface area contributed by atoms with E-state index in [4.69, 9.17) is 0 Å². The molecule has 2 N–H and O–H groups in total. The monoisotopic (exact) mass is 682 g/mol. The Bertz CT molecular complexity index is 1750. The molecule has 0 spiro atoms. The van der Waals surface area contributed by atoms with Crippen molar-refractivity contribution < 1.29 is 19.4 Å². The van der Waals surface area contributed by atoms with Gasteiger partial charge in [-0.25, -0.2) is 0 Å². The number of amides is 2. The fraction of sp³-hybridized carbons (Fsp3) is 0.125. The molecule has 48 heavy (non-hydrogen) atoms. The van der Waals surface area contributed by atoms with Gasteiger partial charge in [0, 0.05) is 35.6 Å². The lowest BCUT2D eigenvalue weighted by Gasteiger charge is -2.20. The molecular weight excluding hydrogens is 657 g/mol. The van der Waals surface area contributed by atoms with Crippen LogP contribution in [0.4, 0.5) is 32.3 Å². The lowest BCUT2D eigenvalue weighted by Crippen LogP contribution is -2.36. The molecule has 0 aromatic heterocycles. The van der Waals surface area contributed by atoms with E-state index in [1.54, 1.807) is 24.3 Å². The summed E-state index contributed by atoms with van der Waals surface area (Å²) in [7, 11) is 0. The van der Waals surface area contributed by atoms with Gasteiger partial charge in [-0.15, -0.1) is 10.2 Å². The van der Waals surface area contributed by atoms with Crippen LogP contribution in [0.25, 0.3) is 0 Å². The largest absolute Gasteiger partial charge is 0.367 e.